The van der Waals surface area contributed by atoms with Gasteiger partial charge in [0.25, 0.3) is 0 Å². The summed E-state index contributed by atoms with van der Waals surface area (Å²) in [6.07, 6.45) is 18.2. The van der Waals surface area contributed by atoms with Crippen LogP contribution in [0, 0.1) is 33.5 Å². The lowest BCUT2D eigenvalue weighted by Gasteiger charge is -2.32. The van der Waals surface area contributed by atoms with Crippen LogP contribution in [0.25, 0.3) is 0 Å². The molecule has 2 aliphatic heterocycles. The van der Waals surface area contributed by atoms with E-state index in [2.05, 4.69) is 34.3 Å². The molecule has 78 heavy (non-hydrogen) atoms. The van der Waals surface area contributed by atoms with Crippen molar-refractivity contribution in [2.24, 2.45) is 23.3 Å². The zero-order chi connectivity index (χ0) is 55.7. The first-order chi connectivity index (χ1) is 37.9. The van der Waals surface area contributed by atoms with Gasteiger partial charge in [-0.15, -0.1) is 0 Å². The molecule has 10 N–H and O–H groups in total. The summed E-state index contributed by atoms with van der Waals surface area (Å²) in [6, 6.07) is 29.5. The second-order valence-corrected chi connectivity index (χ2v) is 20.6. The largest absolute Gasteiger partial charge is 0.494 e. The van der Waals surface area contributed by atoms with Gasteiger partial charge >= 0.3 is 0 Å². The van der Waals surface area contributed by atoms with E-state index in [9.17, 15) is 9.59 Å². The Labute approximate surface area is 464 Å². The molecular formula is C62H90N10O6. The molecule has 16 heteroatoms. The van der Waals surface area contributed by atoms with Crippen molar-refractivity contribution in [1.29, 1.82) is 21.6 Å². The van der Waals surface area contributed by atoms with Gasteiger partial charge in [-0.05, 0) is 212 Å². The van der Waals surface area contributed by atoms with E-state index in [4.69, 9.17) is 52.1 Å². The van der Waals surface area contributed by atoms with Gasteiger partial charge in [-0.25, -0.2) is 0 Å². The van der Waals surface area contributed by atoms with Crippen LogP contribution in [0.5, 0.6) is 23.0 Å². The molecule has 0 radical (unpaired) electrons. The number of piperidine rings is 2. The molecule has 16 nitrogen and oxygen atoms in total. The molecule has 0 saturated carbocycles. The van der Waals surface area contributed by atoms with Gasteiger partial charge in [0.15, 0.2) is 0 Å². The molecule has 2 saturated heterocycles. The normalized spacial score (nSPS) is 14.1. The Balaban J connectivity index is 0.000000306. The third-order valence-electron chi connectivity index (χ3n) is 14.4. The molecule has 4 aromatic rings. The number of amidine groups is 4. The number of likely N-dealkylation sites (tertiary alicyclic amines) is 2. The van der Waals surface area contributed by atoms with Crippen molar-refractivity contribution >= 4 is 35.2 Å². The Hall–Kier alpha value is -6.78. The number of unbranched alkanes of at least 4 members (excludes halogenated alkanes) is 4. The van der Waals surface area contributed by atoms with Crippen molar-refractivity contribution < 1.29 is 28.5 Å². The summed E-state index contributed by atoms with van der Waals surface area (Å²) < 4.78 is 23.5. The Morgan fingerprint density at radius 1 is 0.449 bits per heavy atom. The number of benzene rings is 4. The van der Waals surface area contributed by atoms with Gasteiger partial charge in [-0.1, -0.05) is 39.5 Å². The maximum Gasteiger partial charge on any atom is 0.225 e. The van der Waals surface area contributed by atoms with Crippen LogP contribution < -0.4 is 41.0 Å². The molecule has 6 rings (SSSR count). The van der Waals surface area contributed by atoms with Crippen LogP contribution in [-0.2, 0) is 9.59 Å². The van der Waals surface area contributed by atoms with E-state index in [1.165, 1.54) is 38.5 Å². The van der Waals surface area contributed by atoms with Crippen molar-refractivity contribution in [3.8, 4) is 23.0 Å². The molecule has 0 atom stereocenters. The van der Waals surface area contributed by atoms with Crippen molar-refractivity contribution in [3.63, 3.8) is 0 Å². The lowest BCUT2D eigenvalue weighted by Crippen LogP contribution is -2.35. The zero-order valence-electron chi connectivity index (χ0n) is 46.7. The second-order valence-electron chi connectivity index (χ2n) is 20.6. The maximum absolute atomic E-state index is 12.0. The number of rotatable bonds is 32. The number of carbonyl (C=O) groups is 2. The Bertz CT molecular complexity index is 2230. The Morgan fingerprint density at radius 3 is 1.04 bits per heavy atom. The number of nitrogen functional groups attached to an aromatic ring is 2. The summed E-state index contributed by atoms with van der Waals surface area (Å²) in [6.45, 7) is 13.6. The predicted molar refractivity (Wildman–Crippen MR) is 314 cm³/mol. The SMILES string of the molecule is CCCCCC(=O)NC(=N)c1ccc(OCCCC2CCN(CCCOc3ccc(C(=N)NC(=O)CCCCC)cc3)CC2)cc1.N=C(N)c1ccc(OCCCC2CCN(CCCOc3ccc(C(=N)N)cc3)CC2)cc1. The van der Waals surface area contributed by atoms with Gasteiger partial charge in [-0.2, -0.15) is 0 Å². The minimum Gasteiger partial charge on any atom is -0.494 e. The van der Waals surface area contributed by atoms with Crippen molar-refractivity contribution in [2.45, 2.75) is 129 Å². The molecule has 2 fully saturated rings. The summed E-state index contributed by atoms with van der Waals surface area (Å²) in [5.74, 6) is 4.98. The quantitative estimate of drug-likeness (QED) is 0.0130. The fourth-order valence-electron chi connectivity index (χ4n) is 9.59. The van der Waals surface area contributed by atoms with Crippen LogP contribution in [-0.4, -0.2) is 111 Å². The number of nitrogens with one attached hydrogen (secondary N) is 6. The van der Waals surface area contributed by atoms with E-state index in [0.29, 0.717) is 43.8 Å². The van der Waals surface area contributed by atoms with Gasteiger partial charge in [0.1, 0.15) is 46.3 Å². The minimum atomic E-state index is -0.101. The van der Waals surface area contributed by atoms with Gasteiger partial charge in [0.2, 0.25) is 11.8 Å². The molecule has 0 bridgehead atoms. The first-order valence-electron chi connectivity index (χ1n) is 28.7. The number of hydrogen-bond donors (Lipinski definition) is 8. The molecule has 0 aromatic heterocycles. The van der Waals surface area contributed by atoms with Crippen molar-refractivity contribution in [1.82, 2.24) is 20.4 Å². The highest BCUT2D eigenvalue weighted by Crippen LogP contribution is 2.25. The third kappa shape index (κ3) is 24.3. The Morgan fingerprint density at radius 2 is 0.744 bits per heavy atom. The van der Waals surface area contributed by atoms with Crippen LogP contribution >= 0.6 is 0 Å². The molecule has 2 aliphatic rings. The summed E-state index contributed by atoms with van der Waals surface area (Å²) in [5, 5.41) is 36.5. The van der Waals surface area contributed by atoms with Crippen molar-refractivity contribution in [3.05, 3.63) is 119 Å². The molecule has 4 aromatic carbocycles. The average Bonchev–Trinajstić information content (AvgIpc) is 3.45. The van der Waals surface area contributed by atoms with Crippen LogP contribution in [0.15, 0.2) is 97.1 Å². The lowest BCUT2D eigenvalue weighted by atomic mass is 9.92. The summed E-state index contributed by atoms with van der Waals surface area (Å²) in [7, 11) is 0. The number of ether oxygens (including phenoxy) is 4. The third-order valence-corrected chi connectivity index (χ3v) is 14.4. The molecule has 0 spiro atoms. The second kappa shape index (κ2) is 35.6. The Kier molecular flexibility index (Phi) is 28.3. The van der Waals surface area contributed by atoms with E-state index >= 15 is 0 Å². The van der Waals surface area contributed by atoms with Gasteiger partial charge in [0, 0.05) is 48.2 Å². The molecular weight excluding hydrogens is 981 g/mol. The standard InChI is InChI=1S/C37H55N5O4.C25H35N5O2/c1-3-5-7-12-34(43)40-36(38)30-14-18-32(19-15-30)45-27-9-11-29-22-25-42(26-23-29)24-10-28-46-33-20-16-31(17-21-33)37(39)41-35(44)13-8-6-4-2;26-24(27)20-4-8-22(9-5-20)31-17-1-3-19-12-15-30(16-13-19)14-2-18-32-23-10-6-21(7-11-23)25(28)29/h14-21,29H,3-13,22-28H2,1-2H3,(H2,38,40,43)(H2,39,41,44);4-11,19H,1-3,12-18H2,(H3,26,27)(H3,28,29). The molecule has 2 amide bonds. The predicted octanol–water partition coefficient (Wildman–Crippen LogP) is 10.7. The molecule has 2 heterocycles. The van der Waals surface area contributed by atoms with Crippen LogP contribution in [0.4, 0.5) is 0 Å². The van der Waals surface area contributed by atoms with Crippen LogP contribution in [0.2, 0.25) is 0 Å². The summed E-state index contributed by atoms with van der Waals surface area (Å²) >= 11 is 0. The monoisotopic (exact) mass is 1070 g/mol. The maximum atomic E-state index is 12.0. The highest BCUT2D eigenvalue weighted by molar-refractivity contribution is 6.07. The summed E-state index contributed by atoms with van der Waals surface area (Å²) in [4.78, 5) is 29.0. The van der Waals surface area contributed by atoms with E-state index < -0.39 is 0 Å². The van der Waals surface area contributed by atoms with Crippen LogP contribution in [0.1, 0.15) is 152 Å². The van der Waals surface area contributed by atoms with E-state index in [1.807, 2.05) is 97.1 Å². The van der Waals surface area contributed by atoms with E-state index in [0.717, 1.165) is 156 Å². The fraction of sp³-hybridized carbons (Fsp3) is 0.516. The number of hydrogen-bond acceptors (Lipinski definition) is 12. The number of nitrogens with two attached hydrogens (primary N) is 2. The number of nitrogens with zero attached hydrogens (tertiary/aromatic N) is 2. The summed E-state index contributed by atoms with van der Waals surface area (Å²) in [5.41, 5.74) is 13.7. The van der Waals surface area contributed by atoms with E-state index in [1.54, 1.807) is 0 Å². The van der Waals surface area contributed by atoms with Gasteiger partial charge < -0.3 is 50.8 Å². The van der Waals surface area contributed by atoms with Gasteiger partial charge in [0.05, 0.1) is 26.4 Å². The molecule has 0 unspecified atom stereocenters. The first kappa shape index (κ1) is 62.1. The smallest absolute Gasteiger partial charge is 0.225 e. The van der Waals surface area contributed by atoms with Crippen molar-refractivity contribution in [2.75, 3.05) is 65.7 Å². The minimum absolute atomic E-state index is 0.0768. The van der Waals surface area contributed by atoms with E-state index in [-0.39, 0.29) is 35.2 Å². The first-order valence-corrected chi connectivity index (χ1v) is 28.7. The highest BCUT2D eigenvalue weighted by Gasteiger charge is 2.20. The fourth-order valence-corrected chi connectivity index (χ4v) is 9.59. The van der Waals surface area contributed by atoms with Crippen LogP contribution in [0.3, 0.4) is 0 Å². The topological polar surface area (TPSA) is 249 Å². The number of amides is 2. The lowest BCUT2D eigenvalue weighted by molar-refractivity contribution is -0.120. The zero-order valence-corrected chi connectivity index (χ0v) is 46.7. The average molecular weight is 1070 g/mol. The molecule has 0 aliphatic carbocycles. The molecule has 424 valence electrons. The number of carbonyl (C=O) groups excluding carboxylic acids is 2. The van der Waals surface area contributed by atoms with Gasteiger partial charge in [-0.3, -0.25) is 31.2 Å². The highest BCUT2D eigenvalue weighted by atomic mass is 16.5.